The molecule has 1 aliphatic carbocycles. The minimum atomic E-state index is 0.953. The van der Waals surface area contributed by atoms with E-state index in [1.165, 1.54) is 12.8 Å². The van der Waals surface area contributed by atoms with Gasteiger partial charge >= 0.3 is 0 Å². The first kappa shape index (κ1) is 6.56. The standard InChI is InChI=1S/C6H13BrN/c1-8(2,5-7)6-3-4-6/h6H,3-5H2,1-2H3/q+1. The minimum absolute atomic E-state index is 0.953. The Morgan fingerprint density at radius 1 is 1.50 bits per heavy atom. The summed E-state index contributed by atoms with van der Waals surface area (Å²) in [5.74, 6) is 0. The quantitative estimate of drug-likeness (QED) is 0.343. The topological polar surface area (TPSA) is 0 Å². The van der Waals surface area contributed by atoms with Gasteiger partial charge in [-0.1, -0.05) is 0 Å². The maximum atomic E-state index is 3.48. The molecule has 0 N–H and O–H groups in total. The first-order valence-corrected chi connectivity index (χ1v) is 4.17. The molecule has 1 saturated carbocycles. The van der Waals surface area contributed by atoms with Crippen molar-refractivity contribution in [3.05, 3.63) is 0 Å². The number of rotatable bonds is 2. The highest BCUT2D eigenvalue weighted by atomic mass is 79.9. The molecule has 0 amide bonds. The average molecular weight is 179 g/mol. The predicted octanol–water partition coefficient (Wildman–Crippen LogP) is 1.58. The van der Waals surface area contributed by atoms with Gasteiger partial charge in [0.25, 0.3) is 0 Å². The predicted molar refractivity (Wildman–Crippen MR) is 38.9 cm³/mol. The average Bonchev–Trinajstić information content (AvgIpc) is 2.44. The van der Waals surface area contributed by atoms with Crippen LogP contribution >= 0.6 is 15.9 Å². The fraction of sp³-hybridized carbons (Fsp3) is 1.00. The fourth-order valence-electron chi connectivity index (χ4n) is 0.871. The minimum Gasteiger partial charge on any atom is -0.317 e. The van der Waals surface area contributed by atoms with E-state index in [1.807, 2.05) is 0 Å². The number of alkyl halides is 1. The lowest BCUT2D eigenvalue weighted by Crippen LogP contribution is -2.40. The van der Waals surface area contributed by atoms with Gasteiger partial charge in [0.05, 0.1) is 20.1 Å². The van der Waals surface area contributed by atoms with Gasteiger partial charge in [-0.2, -0.15) is 0 Å². The number of nitrogens with zero attached hydrogens (tertiary/aromatic N) is 1. The van der Waals surface area contributed by atoms with E-state index in [4.69, 9.17) is 0 Å². The van der Waals surface area contributed by atoms with Crippen LogP contribution in [0.25, 0.3) is 0 Å². The highest BCUT2D eigenvalue weighted by Crippen LogP contribution is 2.30. The number of halogens is 1. The molecule has 0 aromatic heterocycles. The van der Waals surface area contributed by atoms with Crippen LogP contribution in [0.2, 0.25) is 0 Å². The van der Waals surface area contributed by atoms with Gasteiger partial charge in [0.15, 0.2) is 0 Å². The van der Waals surface area contributed by atoms with Crippen LogP contribution in [-0.4, -0.2) is 30.1 Å². The zero-order valence-electron chi connectivity index (χ0n) is 5.52. The van der Waals surface area contributed by atoms with E-state index in [-0.39, 0.29) is 0 Å². The van der Waals surface area contributed by atoms with Crippen LogP contribution in [0, 0.1) is 0 Å². The van der Waals surface area contributed by atoms with Crippen LogP contribution in [-0.2, 0) is 0 Å². The van der Waals surface area contributed by atoms with Gasteiger partial charge in [-0.15, -0.1) is 0 Å². The molecule has 1 fully saturated rings. The van der Waals surface area contributed by atoms with E-state index in [0.29, 0.717) is 0 Å². The molecule has 0 aromatic rings. The second-order valence-electron chi connectivity index (χ2n) is 3.13. The maximum absolute atomic E-state index is 3.48. The van der Waals surface area contributed by atoms with Crippen LogP contribution in [0.4, 0.5) is 0 Å². The van der Waals surface area contributed by atoms with E-state index < -0.39 is 0 Å². The molecule has 8 heavy (non-hydrogen) atoms. The molecule has 1 nitrogen and oxygen atoms in total. The second kappa shape index (κ2) is 1.99. The third kappa shape index (κ3) is 1.23. The van der Waals surface area contributed by atoms with Crippen molar-refractivity contribution < 1.29 is 4.48 Å². The lowest BCUT2D eigenvalue weighted by atomic mass is 10.5. The molecular formula is C6H13BrN+. The maximum Gasteiger partial charge on any atom is 0.134 e. The first-order valence-electron chi connectivity index (χ1n) is 3.05. The first-order chi connectivity index (χ1) is 3.67. The Hall–Kier alpha value is 0.440. The van der Waals surface area contributed by atoms with Crippen molar-refractivity contribution in [3.8, 4) is 0 Å². The van der Waals surface area contributed by atoms with Crippen molar-refractivity contribution >= 4 is 15.9 Å². The number of hydrogen-bond donors (Lipinski definition) is 0. The van der Waals surface area contributed by atoms with E-state index in [2.05, 4.69) is 30.0 Å². The van der Waals surface area contributed by atoms with Crippen molar-refractivity contribution in [3.63, 3.8) is 0 Å². The molecule has 0 aliphatic heterocycles. The third-order valence-corrected chi connectivity index (χ3v) is 3.14. The summed E-state index contributed by atoms with van der Waals surface area (Å²) in [5, 5.41) is 0. The molecule has 0 radical (unpaired) electrons. The summed E-state index contributed by atoms with van der Waals surface area (Å²) >= 11 is 3.48. The largest absolute Gasteiger partial charge is 0.317 e. The van der Waals surface area contributed by atoms with Crippen molar-refractivity contribution in [1.29, 1.82) is 0 Å². The monoisotopic (exact) mass is 178 g/mol. The van der Waals surface area contributed by atoms with E-state index in [0.717, 1.165) is 16.0 Å². The highest BCUT2D eigenvalue weighted by Gasteiger charge is 2.36. The summed E-state index contributed by atoms with van der Waals surface area (Å²) < 4.78 is 1.15. The number of quaternary nitrogens is 1. The molecule has 0 saturated heterocycles. The van der Waals surface area contributed by atoms with E-state index in [1.54, 1.807) is 0 Å². The summed E-state index contributed by atoms with van der Waals surface area (Å²) in [5.41, 5.74) is 1.09. The molecule has 0 atom stereocenters. The molecule has 0 heterocycles. The Balaban J connectivity index is 2.37. The molecule has 48 valence electrons. The molecule has 0 bridgehead atoms. The summed E-state index contributed by atoms with van der Waals surface area (Å²) in [6.45, 7) is 0. The zero-order chi connectivity index (χ0) is 6.20. The summed E-state index contributed by atoms with van der Waals surface area (Å²) in [7, 11) is 4.54. The summed E-state index contributed by atoms with van der Waals surface area (Å²) in [6.07, 6.45) is 2.86. The second-order valence-corrected chi connectivity index (χ2v) is 3.63. The lowest BCUT2D eigenvalue weighted by Gasteiger charge is -2.26. The Labute approximate surface area is 59.4 Å². The molecular weight excluding hydrogens is 166 g/mol. The lowest BCUT2D eigenvalue weighted by molar-refractivity contribution is -0.887. The van der Waals surface area contributed by atoms with Gasteiger partial charge in [0.2, 0.25) is 0 Å². The zero-order valence-corrected chi connectivity index (χ0v) is 7.11. The fourth-order valence-corrected chi connectivity index (χ4v) is 1.28. The highest BCUT2D eigenvalue weighted by molar-refractivity contribution is 9.09. The normalized spacial score (nSPS) is 21.4. The van der Waals surface area contributed by atoms with Crippen LogP contribution in [0.5, 0.6) is 0 Å². The Bertz CT molecular complexity index is 86.5. The Morgan fingerprint density at radius 2 is 2.00 bits per heavy atom. The number of hydrogen-bond acceptors (Lipinski definition) is 0. The van der Waals surface area contributed by atoms with Gasteiger partial charge in [-0.3, -0.25) is 0 Å². The Morgan fingerprint density at radius 3 is 2.12 bits per heavy atom. The summed E-state index contributed by atoms with van der Waals surface area (Å²) in [6, 6.07) is 0.953. The van der Waals surface area contributed by atoms with Gasteiger partial charge in [0.1, 0.15) is 5.45 Å². The van der Waals surface area contributed by atoms with E-state index in [9.17, 15) is 0 Å². The van der Waals surface area contributed by atoms with Crippen LogP contribution in [0.1, 0.15) is 12.8 Å². The van der Waals surface area contributed by atoms with E-state index >= 15 is 0 Å². The molecule has 0 spiro atoms. The van der Waals surface area contributed by atoms with Crippen LogP contribution < -0.4 is 0 Å². The van der Waals surface area contributed by atoms with Crippen molar-refractivity contribution in [2.75, 3.05) is 19.5 Å². The van der Waals surface area contributed by atoms with Crippen molar-refractivity contribution in [2.24, 2.45) is 0 Å². The summed E-state index contributed by atoms with van der Waals surface area (Å²) in [4.78, 5) is 0. The van der Waals surface area contributed by atoms with Crippen LogP contribution in [0.15, 0.2) is 0 Å². The van der Waals surface area contributed by atoms with Gasteiger partial charge < -0.3 is 4.48 Å². The van der Waals surface area contributed by atoms with Crippen LogP contribution in [0.3, 0.4) is 0 Å². The smallest absolute Gasteiger partial charge is 0.134 e. The Kier molecular flexibility index (Phi) is 1.63. The van der Waals surface area contributed by atoms with Gasteiger partial charge in [-0.25, -0.2) is 0 Å². The SMILES string of the molecule is C[N+](C)(CBr)C1CC1. The molecule has 1 aliphatic rings. The molecule has 0 unspecified atom stereocenters. The van der Waals surface area contributed by atoms with Gasteiger partial charge in [0, 0.05) is 12.8 Å². The third-order valence-electron chi connectivity index (χ3n) is 1.84. The van der Waals surface area contributed by atoms with Gasteiger partial charge in [-0.05, 0) is 15.9 Å². The molecule has 2 heteroatoms. The van der Waals surface area contributed by atoms with Crippen molar-refractivity contribution in [1.82, 2.24) is 0 Å². The molecule has 0 aromatic carbocycles. The van der Waals surface area contributed by atoms with Crippen molar-refractivity contribution in [2.45, 2.75) is 18.9 Å². The molecule has 1 rings (SSSR count).